The van der Waals surface area contributed by atoms with Crippen LogP contribution >= 0.6 is 0 Å². The molecule has 0 fully saturated rings. The first-order valence-electron chi connectivity index (χ1n) is 3.41. The molecule has 3 nitrogen and oxygen atoms in total. The molecule has 1 rings (SSSR count). The van der Waals surface area contributed by atoms with Crippen LogP contribution in [-0.2, 0) is 9.47 Å². The standard InChI is InChI=1S/C8H10O3Se/c1-10-8(11-2)7-3-6(4-9)5-12-7/h3-5,8H,1-2H3. The van der Waals surface area contributed by atoms with Crippen LogP contribution in [-0.4, -0.2) is 35.0 Å². The van der Waals surface area contributed by atoms with E-state index in [-0.39, 0.29) is 20.8 Å². The summed E-state index contributed by atoms with van der Waals surface area (Å²) in [7, 11) is 3.17. The third-order valence-electron chi connectivity index (χ3n) is 1.44. The molecular weight excluding hydrogens is 223 g/mol. The van der Waals surface area contributed by atoms with Gasteiger partial charge in [-0.2, -0.15) is 0 Å². The van der Waals surface area contributed by atoms with Crippen LogP contribution in [0.1, 0.15) is 21.1 Å². The van der Waals surface area contributed by atoms with Crippen LogP contribution in [0.5, 0.6) is 0 Å². The fourth-order valence-corrected chi connectivity index (χ4v) is 2.78. The van der Waals surface area contributed by atoms with Crippen molar-refractivity contribution in [3.63, 3.8) is 0 Å². The van der Waals surface area contributed by atoms with Gasteiger partial charge >= 0.3 is 76.6 Å². The van der Waals surface area contributed by atoms with E-state index in [2.05, 4.69) is 0 Å². The molecule has 0 aliphatic carbocycles. The van der Waals surface area contributed by atoms with E-state index < -0.39 is 0 Å². The minimum atomic E-state index is -0.293. The van der Waals surface area contributed by atoms with E-state index >= 15 is 0 Å². The Bertz CT molecular complexity index is 253. The fourth-order valence-electron chi connectivity index (χ4n) is 0.882. The molecule has 0 radical (unpaired) electrons. The van der Waals surface area contributed by atoms with Crippen LogP contribution in [0.15, 0.2) is 11.0 Å². The normalized spacial score (nSPS) is 10.6. The zero-order valence-electron chi connectivity index (χ0n) is 6.94. The Labute approximate surface area is 77.0 Å². The Balaban J connectivity index is 2.79. The molecule has 0 amide bonds. The van der Waals surface area contributed by atoms with Crippen molar-refractivity contribution in [2.45, 2.75) is 6.29 Å². The maximum atomic E-state index is 10.4. The van der Waals surface area contributed by atoms with Crippen molar-refractivity contribution in [2.24, 2.45) is 0 Å². The molecule has 12 heavy (non-hydrogen) atoms. The summed E-state index contributed by atoms with van der Waals surface area (Å²) >= 11 is 0.201. The first-order valence-corrected chi connectivity index (χ1v) is 5.25. The molecule has 0 aromatic carbocycles. The zero-order chi connectivity index (χ0) is 8.97. The summed E-state index contributed by atoms with van der Waals surface area (Å²) in [5, 5.41) is 0. The van der Waals surface area contributed by atoms with Gasteiger partial charge in [0.2, 0.25) is 0 Å². The molecule has 0 saturated carbocycles. The van der Waals surface area contributed by atoms with Crippen molar-refractivity contribution in [2.75, 3.05) is 14.2 Å². The number of hydrogen-bond donors (Lipinski definition) is 0. The average Bonchev–Trinajstić information content (AvgIpc) is 2.55. The summed E-state index contributed by atoms with van der Waals surface area (Å²) < 4.78 is 11.2. The van der Waals surface area contributed by atoms with Gasteiger partial charge in [0.15, 0.2) is 0 Å². The second kappa shape index (κ2) is 4.57. The van der Waals surface area contributed by atoms with E-state index in [1.165, 1.54) is 0 Å². The molecule has 0 spiro atoms. The van der Waals surface area contributed by atoms with Crippen LogP contribution < -0.4 is 0 Å². The van der Waals surface area contributed by atoms with E-state index in [0.717, 1.165) is 16.3 Å². The van der Waals surface area contributed by atoms with Crippen LogP contribution in [0.3, 0.4) is 0 Å². The van der Waals surface area contributed by atoms with Gasteiger partial charge in [0, 0.05) is 0 Å². The van der Waals surface area contributed by atoms with Crippen molar-refractivity contribution in [1.82, 2.24) is 0 Å². The van der Waals surface area contributed by atoms with Crippen LogP contribution in [0.25, 0.3) is 0 Å². The quantitative estimate of drug-likeness (QED) is 0.439. The molecule has 1 aromatic rings. The van der Waals surface area contributed by atoms with Gasteiger partial charge < -0.3 is 0 Å². The second-order valence-corrected chi connectivity index (χ2v) is 4.18. The zero-order valence-corrected chi connectivity index (χ0v) is 8.66. The van der Waals surface area contributed by atoms with Crippen molar-refractivity contribution < 1.29 is 14.3 Å². The number of rotatable bonds is 4. The van der Waals surface area contributed by atoms with E-state index in [9.17, 15) is 4.79 Å². The number of aldehydes is 1. The molecule has 4 heteroatoms. The van der Waals surface area contributed by atoms with Gasteiger partial charge in [-0.3, -0.25) is 0 Å². The molecule has 0 bridgehead atoms. The number of carbonyl (C=O) groups is 1. The summed E-state index contributed by atoms with van der Waals surface area (Å²) in [5.74, 6) is 0. The van der Waals surface area contributed by atoms with E-state index in [4.69, 9.17) is 9.47 Å². The SMILES string of the molecule is COC(OC)c1cc(C=O)c[se]1. The summed E-state index contributed by atoms with van der Waals surface area (Å²) in [6, 6.07) is 1.82. The molecule has 1 aromatic heterocycles. The molecule has 0 N–H and O–H groups in total. The number of ether oxygens (including phenoxy) is 2. The maximum absolute atomic E-state index is 10.4. The van der Waals surface area contributed by atoms with Gasteiger partial charge in [-0.05, 0) is 0 Å². The molecular formula is C8H10O3Se. The van der Waals surface area contributed by atoms with Crippen molar-refractivity contribution >= 4 is 20.8 Å². The Hall–Kier alpha value is -0.411. The Morgan fingerprint density at radius 1 is 1.50 bits per heavy atom. The minimum absolute atomic E-state index is 0.201. The van der Waals surface area contributed by atoms with Gasteiger partial charge in [0.25, 0.3) is 0 Å². The monoisotopic (exact) mass is 234 g/mol. The van der Waals surface area contributed by atoms with Crippen LogP contribution in [0.4, 0.5) is 0 Å². The van der Waals surface area contributed by atoms with Gasteiger partial charge in [0.1, 0.15) is 0 Å². The third kappa shape index (κ3) is 2.05. The predicted molar refractivity (Wildman–Crippen MR) is 45.5 cm³/mol. The Morgan fingerprint density at radius 2 is 2.17 bits per heavy atom. The van der Waals surface area contributed by atoms with Crippen molar-refractivity contribution in [1.29, 1.82) is 0 Å². The van der Waals surface area contributed by atoms with Crippen molar-refractivity contribution in [3.05, 3.63) is 21.0 Å². The van der Waals surface area contributed by atoms with Gasteiger partial charge in [0.05, 0.1) is 0 Å². The fraction of sp³-hybridized carbons (Fsp3) is 0.375. The van der Waals surface area contributed by atoms with Crippen LogP contribution in [0, 0.1) is 0 Å². The van der Waals surface area contributed by atoms with E-state index in [0.29, 0.717) is 0 Å². The number of carbonyl (C=O) groups excluding carboxylic acids is 1. The second-order valence-electron chi connectivity index (χ2n) is 2.20. The average molecular weight is 233 g/mol. The summed E-state index contributed by atoms with van der Waals surface area (Å²) in [4.78, 5) is 12.3. The predicted octanol–water partition coefficient (Wildman–Crippen LogP) is 0.848. The first-order chi connectivity index (χ1) is 5.81. The molecule has 0 atom stereocenters. The first kappa shape index (κ1) is 9.68. The topological polar surface area (TPSA) is 35.5 Å². The van der Waals surface area contributed by atoms with Gasteiger partial charge in [-0.25, -0.2) is 0 Å². The Morgan fingerprint density at radius 3 is 2.58 bits per heavy atom. The summed E-state index contributed by atoms with van der Waals surface area (Å²) in [6.45, 7) is 0. The molecule has 66 valence electrons. The number of methoxy groups -OCH3 is 2. The van der Waals surface area contributed by atoms with Crippen molar-refractivity contribution in [3.8, 4) is 0 Å². The molecule has 0 unspecified atom stereocenters. The van der Waals surface area contributed by atoms with Gasteiger partial charge in [-0.1, -0.05) is 0 Å². The summed E-state index contributed by atoms with van der Waals surface area (Å²) in [5.41, 5.74) is 0.726. The van der Waals surface area contributed by atoms with E-state index in [1.54, 1.807) is 14.2 Å². The molecule has 0 saturated heterocycles. The summed E-state index contributed by atoms with van der Waals surface area (Å²) in [6.07, 6.45) is 0.552. The molecule has 0 aliphatic heterocycles. The molecule has 1 heterocycles. The molecule has 0 aliphatic rings. The van der Waals surface area contributed by atoms with Crippen LogP contribution in [0.2, 0.25) is 0 Å². The third-order valence-corrected chi connectivity index (χ3v) is 3.48. The Kier molecular flexibility index (Phi) is 3.69. The number of hydrogen-bond acceptors (Lipinski definition) is 3. The van der Waals surface area contributed by atoms with E-state index in [1.807, 2.05) is 11.0 Å². The van der Waals surface area contributed by atoms with Gasteiger partial charge in [-0.15, -0.1) is 0 Å².